The lowest BCUT2D eigenvalue weighted by atomic mass is 10.0. The summed E-state index contributed by atoms with van der Waals surface area (Å²) in [5.41, 5.74) is 0.462. The molecule has 7 heteroatoms. The summed E-state index contributed by atoms with van der Waals surface area (Å²) in [5, 5.41) is 9.73. The molecule has 2 aromatic heterocycles. The normalized spacial score (nSPS) is 12.7. The number of amides is 1. The highest BCUT2D eigenvalue weighted by Gasteiger charge is 2.22. The van der Waals surface area contributed by atoms with Gasteiger partial charge in [-0.1, -0.05) is 13.8 Å². The minimum atomic E-state index is -0.164. The zero-order valence-electron chi connectivity index (χ0n) is 12.1. The van der Waals surface area contributed by atoms with Gasteiger partial charge in [0.1, 0.15) is 17.8 Å². The second-order valence-electron chi connectivity index (χ2n) is 5.15. The molecule has 2 rings (SSSR count). The Labute approximate surface area is 122 Å². The molecular formula is C13H19N5OS. The lowest BCUT2D eigenvalue weighted by Gasteiger charge is -2.19. The Morgan fingerprint density at radius 2 is 2.25 bits per heavy atom. The fourth-order valence-electron chi connectivity index (χ4n) is 2.02. The molecule has 0 radical (unpaired) electrons. The predicted molar refractivity (Wildman–Crippen MR) is 77.5 cm³/mol. The van der Waals surface area contributed by atoms with Crippen LogP contribution in [0.2, 0.25) is 0 Å². The molecule has 2 aromatic rings. The Hall–Kier alpha value is -1.76. The molecule has 1 amide bonds. The second kappa shape index (κ2) is 6.13. The Bertz CT molecular complexity index is 589. The lowest BCUT2D eigenvalue weighted by Crippen LogP contribution is -2.31. The van der Waals surface area contributed by atoms with Crippen LogP contribution in [0.5, 0.6) is 0 Å². The van der Waals surface area contributed by atoms with Crippen LogP contribution in [0.1, 0.15) is 47.6 Å². The average molecular weight is 293 g/mol. The molecule has 6 nitrogen and oxygen atoms in total. The molecule has 0 spiro atoms. The fourth-order valence-corrected chi connectivity index (χ4v) is 2.61. The van der Waals surface area contributed by atoms with Crippen molar-refractivity contribution in [3.63, 3.8) is 0 Å². The van der Waals surface area contributed by atoms with Gasteiger partial charge in [0.15, 0.2) is 0 Å². The van der Waals surface area contributed by atoms with Gasteiger partial charge in [0, 0.05) is 12.4 Å². The maximum absolute atomic E-state index is 12.2. The van der Waals surface area contributed by atoms with E-state index in [1.807, 2.05) is 14.0 Å². The first-order chi connectivity index (χ1) is 9.47. The standard InChI is InChI=1S/C13H19N5OS/c1-8(2)5-10(12-14-7-15-18(12)4)17-13(19)11-6-20-9(3)16-11/h6-8,10H,5H2,1-4H3,(H,17,19)/t10-/m0/s1. The van der Waals surface area contributed by atoms with Crippen LogP contribution in [0.25, 0.3) is 0 Å². The number of aromatic nitrogens is 4. The first kappa shape index (κ1) is 14.6. The van der Waals surface area contributed by atoms with Gasteiger partial charge in [0.05, 0.1) is 11.0 Å². The molecule has 1 N–H and O–H groups in total. The van der Waals surface area contributed by atoms with Crippen molar-refractivity contribution in [1.82, 2.24) is 25.1 Å². The summed E-state index contributed by atoms with van der Waals surface area (Å²) in [7, 11) is 1.83. The third kappa shape index (κ3) is 3.41. The lowest BCUT2D eigenvalue weighted by molar-refractivity contribution is 0.0924. The van der Waals surface area contributed by atoms with Crippen molar-refractivity contribution in [2.24, 2.45) is 13.0 Å². The van der Waals surface area contributed by atoms with E-state index in [0.717, 1.165) is 17.3 Å². The van der Waals surface area contributed by atoms with Crippen LogP contribution < -0.4 is 5.32 Å². The van der Waals surface area contributed by atoms with Crippen molar-refractivity contribution in [3.8, 4) is 0 Å². The first-order valence-electron chi connectivity index (χ1n) is 6.54. The topological polar surface area (TPSA) is 72.7 Å². The summed E-state index contributed by atoms with van der Waals surface area (Å²) in [5.74, 6) is 1.04. The van der Waals surface area contributed by atoms with Crippen LogP contribution in [-0.4, -0.2) is 25.7 Å². The minimum Gasteiger partial charge on any atom is -0.341 e. The van der Waals surface area contributed by atoms with E-state index in [-0.39, 0.29) is 11.9 Å². The van der Waals surface area contributed by atoms with E-state index >= 15 is 0 Å². The third-order valence-corrected chi connectivity index (χ3v) is 3.70. The molecule has 0 aromatic carbocycles. The van der Waals surface area contributed by atoms with E-state index in [9.17, 15) is 4.79 Å². The highest BCUT2D eigenvalue weighted by atomic mass is 32.1. The molecule has 0 saturated carbocycles. The summed E-state index contributed by atoms with van der Waals surface area (Å²) >= 11 is 1.47. The molecule has 0 aliphatic heterocycles. The summed E-state index contributed by atoms with van der Waals surface area (Å²) in [6, 6.07) is -0.156. The van der Waals surface area contributed by atoms with Gasteiger partial charge < -0.3 is 5.32 Å². The van der Waals surface area contributed by atoms with E-state index in [1.165, 1.54) is 17.7 Å². The monoisotopic (exact) mass is 293 g/mol. The molecule has 0 saturated heterocycles. The Balaban J connectivity index is 2.16. The number of thiazole rings is 1. The molecule has 20 heavy (non-hydrogen) atoms. The van der Waals surface area contributed by atoms with Gasteiger partial charge >= 0.3 is 0 Å². The van der Waals surface area contributed by atoms with E-state index in [0.29, 0.717) is 11.6 Å². The Morgan fingerprint density at radius 1 is 1.50 bits per heavy atom. The van der Waals surface area contributed by atoms with Crippen LogP contribution in [0.15, 0.2) is 11.7 Å². The van der Waals surface area contributed by atoms with Gasteiger partial charge in [-0.15, -0.1) is 11.3 Å². The van der Waals surface area contributed by atoms with Crippen molar-refractivity contribution in [1.29, 1.82) is 0 Å². The maximum atomic E-state index is 12.2. The van der Waals surface area contributed by atoms with Crippen LogP contribution in [0, 0.1) is 12.8 Å². The summed E-state index contributed by atoms with van der Waals surface area (Å²) in [6.45, 7) is 6.11. The van der Waals surface area contributed by atoms with Gasteiger partial charge in [-0.3, -0.25) is 9.48 Å². The number of carbonyl (C=O) groups is 1. The summed E-state index contributed by atoms with van der Waals surface area (Å²) < 4.78 is 1.69. The molecule has 1 atom stereocenters. The van der Waals surface area contributed by atoms with Crippen molar-refractivity contribution >= 4 is 17.2 Å². The smallest absolute Gasteiger partial charge is 0.271 e. The average Bonchev–Trinajstić information content (AvgIpc) is 2.96. The van der Waals surface area contributed by atoms with Crippen LogP contribution in [-0.2, 0) is 7.05 Å². The first-order valence-corrected chi connectivity index (χ1v) is 7.42. The van der Waals surface area contributed by atoms with E-state index < -0.39 is 0 Å². The van der Waals surface area contributed by atoms with Gasteiger partial charge in [0.25, 0.3) is 5.91 Å². The van der Waals surface area contributed by atoms with Gasteiger partial charge in [-0.25, -0.2) is 9.97 Å². The number of hydrogen-bond donors (Lipinski definition) is 1. The van der Waals surface area contributed by atoms with Crippen molar-refractivity contribution < 1.29 is 4.79 Å². The number of nitrogens with one attached hydrogen (secondary N) is 1. The second-order valence-corrected chi connectivity index (χ2v) is 6.21. The molecular weight excluding hydrogens is 274 g/mol. The number of aryl methyl sites for hydroxylation is 2. The van der Waals surface area contributed by atoms with E-state index in [4.69, 9.17) is 0 Å². The number of carbonyl (C=O) groups excluding carboxylic acids is 1. The van der Waals surface area contributed by atoms with Crippen molar-refractivity contribution in [3.05, 3.63) is 28.2 Å². The van der Waals surface area contributed by atoms with Crippen molar-refractivity contribution in [2.45, 2.75) is 33.2 Å². The van der Waals surface area contributed by atoms with Crippen LogP contribution in [0.3, 0.4) is 0 Å². The molecule has 0 aliphatic rings. The quantitative estimate of drug-likeness (QED) is 0.916. The van der Waals surface area contributed by atoms with Crippen molar-refractivity contribution in [2.75, 3.05) is 0 Å². The molecule has 108 valence electrons. The zero-order valence-corrected chi connectivity index (χ0v) is 12.9. The van der Waals surface area contributed by atoms with Crippen LogP contribution in [0.4, 0.5) is 0 Å². The van der Waals surface area contributed by atoms with Crippen LogP contribution >= 0.6 is 11.3 Å². The molecule has 2 heterocycles. The molecule has 0 bridgehead atoms. The Kier molecular flexibility index (Phi) is 4.49. The van der Waals surface area contributed by atoms with E-state index in [2.05, 4.69) is 34.2 Å². The largest absolute Gasteiger partial charge is 0.341 e. The molecule has 0 unspecified atom stereocenters. The number of hydrogen-bond acceptors (Lipinski definition) is 5. The van der Waals surface area contributed by atoms with E-state index in [1.54, 1.807) is 10.1 Å². The summed E-state index contributed by atoms with van der Waals surface area (Å²) in [6.07, 6.45) is 2.31. The number of rotatable bonds is 5. The van der Waals surface area contributed by atoms with Gasteiger partial charge in [0.2, 0.25) is 0 Å². The minimum absolute atomic E-state index is 0.156. The third-order valence-electron chi connectivity index (χ3n) is 2.92. The van der Waals surface area contributed by atoms with Gasteiger partial charge in [-0.05, 0) is 19.3 Å². The Morgan fingerprint density at radius 3 is 2.75 bits per heavy atom. The molecule has 0 fully saturated rings. The maximum Gasteiger partial charge on any atom is 0.271 e. The highest BCUT2D eigenvalue weighted by Crippen LogP contribution is 2.19. The fraction of sp³-hybridized carbons (Fsp3) is 0.538. The predicted octanol–water partition coefficient (Wildman–Crippen LogP) is 2.10. The number of nitrogens with zero attached hydrogens (tertiary/aromatic N) is 4. The molecule has 0 aliphatic carbocycles. The summed E-state index contributed by atoms with van der Waals surface area (Å²) in [4.78, 5) is 20.7. The van der Waals surface area contributed by atoms with Gasteiger partial charge in [-0.2, -0.15) is 5.10 Å². The highest BCUT2D eigenvalue weighted by molar-refractivity contribution is 7.09. The zero-order chi connectivity index (χ0) is 14.7. The SMILES string of the molecule is Cc1nc(C(=O)N[C@@H](CC(C)C)c2ncnn2C)cs1.